The summed E-state index contributed by atoms with van der Waals surface area (Å²) < 4.78 is 0. The SMILES string of the molecule is Cc1cc(C)c(NC(=O)CN2CC[C@H]3CCCC[C@H]3C2)c(C)c1. The zero-order chi connectivity index (χ0) is 16.4. The van der Waals surface area contributed by atoms with E-state index >= 15 is 0 Å². The molecule has 1 heterocycles. The fraction of sp³-hybridized carbons (Fsp3) is 0.650. The molecule has 2 atom stereocenters. The lowest BCUT2D eigenvalue weighted by Gasteiger charge is -2.41. The number of carbonyl (C=O) groups excluding carboxylic acids is 1. The molecule has 126 valence electrons. The Morgan fingerprint density at radius 3 is 2.43 bits per heavy atom. The molecule has 1 amide bonds. The number of anilines is 1. The Hall–Kier alpha value is -1.35. The van der Waals surface area contributed by atoms with Crippen LogP contribution in [0, 0.1) is 32.6 Å². The Balaban J connectivity index is 1.57. The van der Waals surface area contributed by atoms with Gasteiger partial charge in [-0.3, -0.25) is 9.69 Å². The maximum atomic E-state index is 12.5. The molecule has 1 saturated heterocycles. The molecule has 1 aliphatic carbocycles. The van der Waals surface area contributed by atoms with E-state index in [1.54, 1.807) is 0 Å². The van der Waals surface area contributed by atoms with Gasteiger partial charge in [-0.15, -0.1) is 0 Å². The van der Waals surface area contributed by atoms with Crippen LogP contribution in [-0.2, 0) is 4.79 Å². The fourth-order valence-corrected chi connectivity index (χ4v) is 4.58. The van der Waals surface area contributed by atoms with Gasteiger partial charge in [0.1, 0.15) is 0 Å². The lowest BCUT2D eigenvalue weighted by atomic mass is 9.75. The first-order valence-electron chi connectivity index (χ1n) is 9.13. The Kier molecular flexibility index (Phi) is 5.05. The number of aryl methyl sites for hydroxylation is 3. The number of nitrogens with one attached hydrogen (secondary N) is 1. The normalized spacial score (nSPS) is 25.0. The minimum Gasteiger partial charge on any atom is -0.324 e. The monoisotopic (exact) mass is 314 g/mol. The molecule has 3 nitrogen and oxygen atoms in total. The molecule has 23 heavy (non-hydrogen) atoms. The van der Waals surface area contributed by atoms with Crippen molar-refractivity contribution in [3.05, 3.63) is 28.8 Å². The number of nitrogens with zero attached hydrogens (tertiary/aromatic N) is 1. The molecule has 1 N–H and O–H groups in total. The fourth-order valence-electron chi connectivity index (χ4n) is 4.58. The van der Waals surface area contributed by atoms with Crippen LogP contribution in [-0.4, -0.2) is 30.4 Å². The lowest BCUT2D eigenvalue weighted by Crippen LogP contribution is -2.44. The van der Waals surface area contributed by atoms with Crippen molar-refractivity contribution in [2.24, 2.45) is 11.8 Å². The number of hydrogen-bond donors (Lipinski definition) is 1. The minimum absolute atomic E-state index is 0.134. The van der Waals surface area contributed by atoms with Gasteiger partial charge in [0.05, 0.1) is 6.54 Å². The highest BCUT2D eigenvalue weighted by Crippen LogP contribution is 2.35. The number of hydrogen-bond acceptors (Lipinski definition) is 2. The average molecular weight is 314 g/mol. The minimum atomic E-state index is 0.134. The Morgan fingerprint density at radius 2 is 1.74 bits per heavy atom. The van der Waals surface area contributed by atoms with E-state index in [1.165, 1.54) is 37.7 Å². The van der Waals surface area contributed by atoms with Crippen LogP contribution in [0.4, 0.5) is 5.69 Å². The van der Waals surface area contributed by atoms with E-state index in [4.69, 9.17) is 0 Å². The summed E-state index contributed by atoms with van der Waals surface area (Å²) in [4.78, 5) is 14.8. The number of piperidine rings is 1. The zero-order valence-electron chi connectivity index (χ0n) is 14.8. The van der Waals surface area contributed by atoms with E-state index in [0.29, 0.717) is 6.54 Å². The third-order valence-electron chi connectivity index (χ3n) is 5.68. The number of fused-ring (bicyclic) bond motifs is 1. The second kappa shape index (κ2) is 7.04. The van der Waals surface area contributed by atoms with Crippen molar-refractivity contribution in [1.29, 1.82) is 0 Å². The average Bonchev–Trinajstić information content (AvgIpc) is 2.51. The molecule has 0 aromatic heterocycles. The van der Waals surface area contributed by atoms with Crippen LogP contribution in [0.1, 0.15) is 48.8 Å². The van der Waals surface area contributed by atoms with Crippen LogP contribution in [0.2, 0.25) is 0 Å². The zero-order valence-corrected chi connectivity index (χ0v) is 14.8. The first-order chi connectivity index (χ1) is 11.0. The summed E-state index contributed by atoms with van der Waals surface area (Å²) in [6.07, 6.45) is 6.84. The van der Waals surface area contributed by atoms with Crippen molar-refractivity contribution in [3.8, 4) is 0 Å². The smallest absolute Gasteiger partial charge is 0.238 e. The second-order valence-electron chi connectivity index (χ2n) is 7.65. The second-order valence-corrected chi connectivity index (χ2v) is 7.65. The number of carbonyl (C=O) groups is 1. The van der Waals surface area contributed by atoms with Gasteiger partial charge in [0.2, 0.25) is 5.91 Å². The molecular weight excluding hydrogens is 284 g/mol. The number of amides is 1. The van der Waals surface area contributed by atoms with Crippen LogP contribution in [0.15, 0.2) is 12.1 Å². The third-order valence-corrected chi connectivity index (χ3v) is 5.68. The van der Waals surface area contributed by atoms with Crippen LogP contribution in [0.25, 0.3) is 0 Å². The Labute approximate surface area is 140 Å². The van der Waals surface area contributed by atoms with Crippen molar-refractivity contribution >= 4 is 11.6 Å². The van der Waals surface area contributed by atoms with E-state index in [0.717, 1.165) is 41.7 Å². The van der Waals surface area contributed by atoms with Gasteiger partial charge >= 0.3 is 0 Å². The van der Waals surface area contributed by atoms with E-state index in [2.05, 4.69) is 43.1 Å². The predicted octanol–water partition coefficient (Wildman–Crippen LogP) is 4.06. The molecule has 2 aliphatic rings. The van der Waals surface area contributed by atoms with E-state index < -0.39 is 0 Å². The van der Waals surface area contributed by atoms with Crippen molar-refractivity contribution in [1.82, 2.24) is 4.90 Å². The van der Waals surface area contributed by atoms with Crippen LogP contribution < -0.4 is 5.32 Å². The van der Waals surface area contributed by atoms with Crippen molar-refractivity contribution < 1.29 is 4.79 Å². The van der Waals surface area contributed by atoms with Gasteiger partial charge in [-0.25, -0.2) is 0 Å². The highest BCUT2D eigenvalue weighted by molar-refractivity contribution is 5.93. The van der Waals surface area contributed by atoms with E-state index in [1.807, 2.05) is 0 Å². The molecule has 3 heteroatoms. The van der Waals surface area contributed by atoms with Crippen LogP contribution >= 0.6 is 0 Å². The summed E-state index contributed by atoms with van der Waals surface area (Å²) in [6.45, 7) is 8.98. The van der Waals surface area contributed by atoms with E-state index in [-0.39, 0.29) is 5.91 Å². The van der Waals surface area contributed by atoms with Crippen molar-refractivity contribution in [3.63, 3.8) is 0 Å². The summed E-state index contributed by atoms with van der Waals surface area (Å²) in [7, 11) is 0. The van der Waals surface area contributed by atoms with Crippen molar-refractivity contribution in [2.45, 2.75) is 52.9 Å². The third kappa shape index (κ3) is 3.95. The molecule has 1 aliphatic heterocycles. The predicted molar refractivity (Wildman–Crippen MR) is 95.8 cm³/mol. The molecule has 0 radical (unpaired) electrons. The maximum absolute atomic E-state index is 12.5. The van der Waals surface area contributed by atoms with Crippen molar-refractivity contribution in [2.75, 3.05) is 25.0 Å². The lowest BCUT2D eigenvalue weighted by molar-refractivity contribution is -0.118. The summed E-state index contributed by atoms with van der Waals surface area (Å²) in [5.41, 5.74) is 4.55. The van der Waals surface area contributed by atoms with Gasteiger partial charge in [0.25, 0.3) is 0 Å². The van der Waals surface area contributed by atoms with Gasteiger partial charge in [-0.2, -0.15) is 0 Å². The summed E-state index contributed by atoms with van der Waals surface area (Å²) in [6, 6.07) is 4.27. The molecule has 0 bridgehead atoms. The van der Waals surface area contributed by atoms with Crippen LogP contribution in [0.5, 0.6) is 0 Å². The highest BCUT2D eigenvalue weighted by Gasteiger charge is 2.31. The van der Waals surface area contributed by atoms with Gasteiger partial charge in [0.15, 0.2) is 0 Å². The Bertz CT molecular complexity index is 558. The summed E-state index contributed by atoms with van der Waals surface area (Å²) in [5, 5.41) is 3.14. The molecule has 0 unspecified atom stereocenters. The van der Waals surface area contributed by atoms with Gasteiger partial charge in [0, 0.05) is 12.2 Å². The van der Waals surface area contributed by atoms with Crippen LogP contribution in [0.3, 0.4) is 0 Å². The van der Waals surface area contributed by atoms with Gasteiger partial charge in [-0.1, -0.05) is 37.0 Å². The molecular formula is C20H30N2O. The summed E-state index contributed by atoms with van der Waals surface area (Å²) >= 11 is 0. The molecule has 1 aromatic carbocycles. The molecule has 2 fully saturated rings. The Morgan fingerprint density at radius 1 is 1.09 bits per heavy atom. The maximum Gasteiger partial charge on any atom is 0.238 e. The first-order valence-corrected chi connectivity index (χ1v) is 9.13. The summed E-state index contributed by atoms with van der Waals surface area (Å²) in [5.74, 6) is 1.88. The number of benzene rings is 1. The highest BCUT2D eigenvalue weighted by atomic mass is 16.2. The molecule has 3 rings (SSSR count). The first kappa shape index (κ1) is 16.5. The van der Waals surface area contributed by atoms with Gasteiger partial charge in [-0.05, 0) is 63.1 Å². The van der Waals surface area contributed by atoms with E-state index in [9.17, 15) is 4.79 Å². The standard InChI is InChI=1S/C20H30N2O/c1-14-10-15(2)20(16(3)11-14)21-19(23)13-22-9-8-17-6-4-5-7-18(17)12-22/h10-11,17-18H,4-9,12-13H2,1-3H3,(H,21,23)/t17-,18+/m1/s1. The van der Waals surface area contributed by atoms with Gasteiger partial charge < -0.3 is 5.32 Å². The largest absolute Gasteiger partial charge is 0.324 e. The quantitative estimate of drug-likeness (QED) is 0.912. The molecule has 1 saturated carbocycles. The number of rotatable bonds is 3. The topological polar surface area (TPSA) is 32.3 Å². The molecule has 0 spiro atoms. The number of likely N-dealkylation sites (tertiary alicyclic amines) is 1. The molecule has 1 aromatic rings.